The van der Waals surface area contributed by atoms with Crippen LogP contribution in [0.5, 0.6) is 0 Å². The van der Waals surface area contributed by atoms with Crippen LogP contribution in [0, 0.1) is 5.82 Å². The van der Waals surface area contributed by atoms with Crippen molar-refractivity contribution < 1.29 is 4.39 Å². The zero-order valence-electron chi connectivity index (χ0n) is 9.38. The smallest absolute Gasteiger partial charge is 0.123 e. The lowest BCUT2D eigenvalue weighted by Crippen LogP contribution is -1.89. The minimum absolute atomic E-state index is 0.256. The van der Waals surface area contributed by atoms with Gasteiger partial charge in [0.2, 0.25) is 0 Å². The van der Waals surface area contributed by atoms with E-state index in [2.05, 4.69) is 9.97 Å². The highest BCUT2D eigenvalue weighted by Gasteiger charge is 2.10. The summed E-state index contributed by atoms with van der Waals surface area (Å²) < 4.78 is 13.3. The van der Waals surface area contributed by atoms with Crippen molar-refractivity contribution in [3.63, 3.8) is 0 Å². The SMILES string of the molecule is Fc1cccc(-c2cncnc2-c2cccs2)c1. The molecule has 0 spiro atoms. The van der Waals surface area contributed by atoms with Crippen LogP contribution in [-0.4, -0.2) is 9.97 Å². The molecule has 2 nitrogen and oxygen atoms in total. The average molecular weight is 256 g/mol. The number of aromatic nitrogens is 2. The highest BCUT2D eigenvalue weighted by Crippen LogP contribution is 2.32. The average Bonchev–Trinajstić information content (AvgIpc) is 2.92. The molecule has 0 fully saturated rings. The molecule has 0 atom stereocenters. The number of nitrogens with zero attached hydrogens (tertiary/aromatic N) is 2. The second-order valence-electron chi connectivity index (χ2n) is 3.77. The third-order valence-corrected chi connectivity index (χ3v) is 3.48. The molecule has 3 aromatic rings. The van der Waals surface area contributed by atoms with Gasteiger partial charge in [-0.15, -0.1) is 11.3 Å². The number of rotatable bonds is 2. The molecule has 0 saturated heterocycles. The number of hydrogen-bond acceptors (Lipinski definition) is 3. The first-order chi connectivity index (χ1) is 8.84. The predicted molar refractivity (Wildman–Crippen MR) is 70.7 cm³/mol. The van der Waals surface area contributed by atoms with E-state index in [0.29, 0.717) is 0 Å². The quantitative estimate of drug-likeness (QED) is 0.692. The zero-order chi connectivity index (χ0) is 12.4. The van der Waals surface area contributed by atoms with Crippen LogP contribution in [0.3, 0.4) is 0 Å². The van der Waals surface area contributed by atoms with Gasteiger partial charge >= 0.3 is 0 Å². The topological polar surface area (TPSA) is 25.8 Å². The van der Waals surface area contributed by atoms with E-state index in [1.807, 2.05) is 23.6 Å². The molecule has 0 radical (unpaired) electrons. The molecule has 3 rings (SSSR count). The highest BCUT2D eigenvalue weighted by molar-refractivity contribution is 7.13. The van der Waals surface area contributed by atoms with E-state index in [1.165, 1.54) is 18.5 Å². The van der Waals surface area contributed by atoms with Crippen LogP contribution in [0.25, 0.3) is 21.7 Å². The molecule has 0 aliphatic heterocycles. The first-order valence-electron chi connectivity index (χ1n) is 5.44. The lowest BCUT2D eigenvalue weighted by Gasteiger charge is -2.06. The normalized spacial score (nSPS) is 10.5. The molecule has 0 aliphatic carbocycles. The first-order valence-corrected chi connectivity index (χ1v) is 6.32. The molecule has 0 amide bonds. The Morgan fingerprint density at radius 3 is 2.83 bits per heavy atom. The Morgan fingerprint density at radius 2 is 2.06 bits per heavy atom. The number of halogens is 1. The van der Waals surface area contributed by atoms with Gasteiger partial charge in [-0.2, -0.15) is 0 Å². The molecular weight excluding hydrogens is 247 g/mol. The van der Waals surface area contributed by atoms with E-state index >= 15 is 0 Å². The summed E-state index contributed by atoms with van der Waals surface area (Å²) in [4.78, 5) is 9.39. The molecule has 2 heterocycles. The standard InChI is InChI=1S/C14H9FN2S/c15-11-4-1-3-10(7-11)12-8-16-9-17-14(12)13-5-2-6-18-13/h1-9H. The van der Waals surface area contributed by atoms with Gasteiger partial charge in [0.25, 0.3) is 0 Å². The van der Waals surface area contributed by atoms with E-state index in [9.17, 15) is 4.39 Å². The van der Waals surface area contributed by atoms with Gasteiger partial charge in [0.15, 0.2) is 0 Å². The van der Waals surface area contributed by atoms with E-state index in [1.54, 1.807) is 23.6 Å². The molecule has 4 heteroatoms. The molecule has 0 aliphatic rings. The molecule has 0 bridgehead atoms. The third kappa shape index (κ3) is 2.02. The summed E-state index contributed by atoms with van der Waals surface area (Å²) in [6.45, 7) is 0. The fourth-order valence-electron chi connectivity index (χ4n) is 1.81. The van der Waals surface area contributed by atoms with Crippen molar-refractivity contribution in [2.45, 2.75) is 0 Å². The Labute approximate surface area is 108 Å². The van der Waals surface area contributed by atoms with Crippen LogP contribution in [0.15, 0.2) is 54.3 Å². The molecular formula is C14H9FN2S. The number of thiophene rings is 1. The van der Waals surface area contributed by atoms with Crippen molar-refractivity contribution >= 4 is 11.3 Å². The van der Waals surface area contributed by atoms with E-state index in [-0.39, 0.29) is 5.82 Å². The largest absolute Gasteiger partial charge is 0.244 e. The Kier molecular flexibility index (Phi) is 2.86. The van der Waals surface area contributed by atoms with Gasteiger partial charge in [0.1, 0.15) is 12.1 Å². The molecule has 0 unspecified atom stereocenters. The Morgan fingerprint density at radius 1 is 1.11 bits per heavy atom. The molecule has 88 valence electrons. The summed E-state index contributed by atoms with van der Waals surface area (Å²) >= 11 is 1.61. The van der Waals surface area contributed by atoms with Gasteiger partial charge in [-0.3, -0.25) is 0 Å². The second kappa shape index (κ2) is 4.66. The molecule has 0 N–H and O–H groups in total. The first kappa shape index (κ1) is 11.0. The van der Waals surface area contributed by atoms with E-state index < -0.39 is 0 Å². The summed E-state index contributed by atoms with van der Waals surface area (Å²) in [7, 11) is 0. The molecule has 18 heavy (non-hydrogen) atoms. The summed E-state index contributed by atoms with van der Waals surface area (Å²) in [5.41, 5.74) is 2.48. The van der Waals surface area contributed by atoms with E-state index in [4.69, 9.17) is 0 Å². The Hall–Kier alpha value is -2.07. The summed E-state index contributed by atoms with van der Waals surface area (Å²) in [5, 5.41) is 1.99. The highest BCUT2D eigenvalue weighted by atomic mass is 32.1. The Balaban J connectivity index is 2.18. The van der Waals surface area contributed by atoms with Crippen LogP contribution in [0.2, 0.25) is 0 Å². The van der Waals surface area contributed by atoms with Crippen molar-refractivity contribution in [3.05, 3.63) is 60.1 Å². The van der Waals surface area contributed by atoms with Gasteiger partial charge in [-0.05, 0) is 29.1 Å². The summed E-state index contributed by atoms with van der Waals surface area (Å²) in [6.07, 6.45) is 3.23. The van der Waals surface area contributed by atoms with Gasteiger partial charge in [-0.1, -0.05) is 18.2 Å². The van der Waals surface area contributed by atoms with Crippen molar-refractivity contribution in [2.24, 2.45) is 0 Å². The second-order valence-corrected chi connectivity index (χ2v) is 4.72. The van der Waals surface area contributed by atoms with Crippen molar-refractivity contribution in [1.82, 2.24) is 9.97 Å². The van der Waals surface area contributed by atoms with Gasteiger partial charge in [-0.25, -0.2) is 14.4 Å². The zero-order valence-corrected chi connectivity index (χ0v) is 10.2. The molecule has 0 saturated carbocycles. The van der Waals surface area contributed by atoms with Crippen LogP contribution in [0.4, 0.5) is 4.39 Å². The maximum Gasteiger partial charge on any atom is 0.123 e. The van der Waals surface area contributed by atoms with Crippen LogP contribution in [0.1, 0.15) is 0 Å². The van der Waals surface area contributed by atoms with Gasteiger partial charge in [0.05, 0.1) is 10.6 Å². The molecule has 1 aromatic carbocycles. The van der Waals surface area contributed by atoms with Crippen molar-refractivity contribution in [3.8, 4) is 21.7 Å². The maximum atomic E-state index is 13.3. The van der Waals surface area contributed by atoms with Crippen molar-refractivity contribution in [1.29, 1.82) is 0 Å². The van der Waals surface area contributed by atoms with Crippen LogP contribution in [-0.2, 0) is 0 Å². The van der Waals surface area contributed by atoms with Gasteiger partial charge < -0.3 is 0 Å². The minimum Gasteiger partial charge on any atom is -0.244 e. The number of benzene rings is 1. The van der Waals surface area contributed by atoms with Crippen LogP contribution >= 0.6 is 11.3 Å². The molecule has 2 aromatic heterocycles. The number of hydrogen-bond donors (Lipinski definition) is 0. The maximum absolute atomic E-state index is 13.3. The minimum atomic E-state index is -0.256. The lowest BCUT2D eigenvalue weighted by atomic mass is 10.0. The lowest BCUT2D eigenvalue weighted by molar-refractivity contribution is 0.628. The third-order valence-electron chi connectivity index (χ3n) is 2.60. The Bertz CT molecular complexity index is 665. The van der Waals surface area contributed by atoms with Gasteiger partial charge in [0, 0.05) is 11.8 Å². The summed E-state index contributed by atoms with van der Waals surface area (Å²) in [6, 6.07) is 10.4. The fraction of sp³-hybridized carbons (Fsp3) is 0. The fourth-order valence-corrected chi connectivity index (χ4v) is 2.54. The van der Waals surface area contributed by atoms with E-state index in [0.717, 1.165) is 21.7 Å². The van der Waals surface area contributed by atoms with Crippen molar-refractivity contribution in [2.75, 3.05) is 0 Å². The summed E-state index contributed by atoms with van der Waals surface area (Å²) in [5.74, 6) is -0.256. The van der Waals surface area contributed by atoms with Crippen LogP contribution < -0.4 is 0 Å². The monoisotopic (exact) mass is 256 g/mol. The predicted octanol–water partition coefficient (Wildman–Crippen LogP) is 4.01.